The fourth-order valence-corrected chi connectivity index (χ4v) is 2.29. The molecule has 0 saturated heterocycles. The van der Waals surface area contributed by atoms with Crippen molar-refractivity contribution in [3.8, 4) is 23.0 Å². The van der Waals surface area contributed by atoms with Gasteiger partial charge in [-0.25, -0.2) is 0 Å². The van der Waals surface area contributed by atoms with Crippen molar-refractivity contribution in [3.63, 3.8) is 0 Å². The molecule has 2 rings (SSSR count). The summed E-state index contributed by atoms with van der Waals surface area (Å²) in [5.41, 5.74) is 0. The molecule has 0 bridgehead atoms. The first-order valence-electron chi connectivity index (χ1n) is 7.57. The van der Waals surface area contributed by atoms with Gasteiger partial charge in [0.1, 0.15) is 23.0 Å². The van der Waals surface area contributed by atoms with Crippen LogP contribution in [-0.4, -0.2) is 23.9 Å². The Morgan fingerprint density at radius 1 is 0.565 bits per heavy atom. The molecule has 124 valence electrons. The smallest absolute Gasteiger partial charge is 0.127 e. The highest BCUT2D eigenvalue weighted by molar-refractivity contribution is 9.09. The Balaban J connectivity index is 1.84. The summed E-state index contributed by atoms with van der Waals surface area (Å²) < 4.78 is 17.0. The molecular formula is C18H20Br2O3. The molecule has 0 spiro atoms. The molecule has 0 heterocycles. The van der Waals surface area contributed by atoms with Gasteiger partial charge in [0.05, 0.1) is 13.2 Å². The zero-order valence-corrected chi connectivity index (χ0v) is 16.0. The Labute approximate surface area is 154 Å². The molecule has 0 aliphatic carbocycles. The van der Waals surface area contributed by atoms with E-state index in [9.17, 15) is 0 Å². The molecule has 0 fully saturated rings. The highest BCUT2D eigenvalue weighted by Gasteiger charge is 2.00. The normalized spacial score (nSPS) is 10.3. The van der Waals surface area contributed by atoms with Crippen LogP contribution < -0.4 is 14.2 Å². The largest absolute Gasteiger partial charge is 0.494 e. The number of alkyl halides is 2. The van der Waals surface area contributed by atoms with E-state index in [1.54, 1.807) is 0 Å². The molecule has 0 radical (unpaired) electrons. The first-order valence-corrected chi connectivity index (χ1v) is 9.81. The zero-order valence-electron chi connectivity index (χ0n) is 12.8. The average Bonchev–Trinajstić information content (AvgIpc) is 2.58. The van der Waals surface area contributed by atoms with Gasteiger partial charge in [0.2, 0.25) is 0 Å². The number of halogens is 2. The first kappa shape index (κ1) is 18.1. The van der Waals surface area contributed by atoms with Crippen molar-refractivity contribution in [3.05, 3.63) is 48.5 Å². The van der Waals surface area contributed by atoms with Gasteiger partial charge in [0.15, 0.2) is 0 Å². The lowest BCUT2D eigenvalue weighted by molar-refractivity contribution is 0.318. The summed E-state index contributed by atoms with van der Waals surface area (Å²) in [6.07, 6.45) is 1.98. The molecule has 23 heavy (non-hydrogen) atoms. The van der Waals surface area contributed by atoms with E-state index in [4.69, 9.17) is 14.2 Å². The third kappa shape index (κ3) is 6.83. The van der Waals surface area contributed by atoms with E-state index in [0.717, 1.165) is 46.5 Å². The number of hydrogen-bond acceptors (Lipinski definition) is 3. The van der Waals surface area contributed by atoms with Crippen molar-refractivity contribution in [2.45, 2.75) is 12.8 Å². The van der Waals surface area contributed by atoms with Crippen LogP contribution in [0.15, 0.2) is 48.5 Å². The third-order valence-electron chi connectivity index (χ3n) is 2.98. The lowest BCUT2D eigenvalue weighted by atomic mass is 10.3. The summed E-state index contributed by atoms with van der Waals surface area (Å²) in [4.78, 5) is 0. The maximum Gasteiger partial charge on any atom is 0.127 e. The predicted molar refractivity (Wildman–Crippen MR) is 101 cm³/mol. The Bertz CT molecular complexity index is 504. The second-order valence-corrected chi connectivity index (χ2v) is 6.41. The van der Waals surface area contributed by atoms with Crippen LogP contribution >= 0.6 is 31.9 Å². The fraction of sp³-hybridized carbons (Fsp3) is 0.333. The maximum absolute atomic E-state index is 5.81. The minimum atomic E-state index is 0.710. The van der Waals surface area contributed by atoms with Crippen LogP contribution in [0.4, 0.5) is 0 Å². The van der Waals surface area contributed by atoms with Crippen molar-refractivity contribution in [1.82, 2.24) is 0 Å². The topological polar surface area (TPSA) is 27.7 Å². The summed E-state index contributed by atoms with van der Waals surface area (Å²) in [5.74, 6) is 3.28. The van der Waals surface area contributed by atoms with Gasteiger partial charge in [0, 0.05) is 10.7 Å². The van der Waals surface area contributed by atoms with Crippen LogP contribution in [0.1, 0.15) is 12.8 Å². The Kier molecular flexibility index (Phi) is 8.32. The second-order valence-electron chi connectivity index (χ2n) is 4.83. The molecule has 0 amide bonds. The average molecular weight is 444 g/mol. The van der Waals surface area contributed by atoms with Gasteiger partial charge in [-0.2, -0.15) is 0 Å². The van der Waals surface area contributed by atoms with Gasteiger partial charge in [-0.3, -0.25) is 0 Å². The number of ether oxygens (including phenoxy) is 3. The van der Waals surface area contributed by atoms with E-state index >= 15 is 0 Å². The quantitative estimate of drug-likeness (QED) is 0.342. The third-order valence-corrected chi connectivity index (χ3v) is 4.10. The van der Waals surface area contributed by atoms with Crippen LogP contribution in [0.5, 0.6) is 23.0 Å². The summed E-state index contributed by atoms with van der Waals surface area (Å²) in [6.45, 7) is 1.42. The molecule has 2 aromatic carbocycles. The van der Waals surface area contributed by atoms with E-state index in [1.165, 1.54) is 0 Å². The van der Waals surface area contributed by atoms with Crippen molar-refractivity contribution in [2.24, 2.45) is 0 Å². The van der Waals surface area contributed by atoms with Gasteiger partial charge < -0.3 is 14.2 Å². The van der Waals surface area contributed by atoms with Crippen molar-refractivity contribution in [2.75, 3.05) is 23.9 Å². The molecule has 0 saturated carbocycles. The Morgan fingerprint density at radius 2 is 0.913 bits per heavy atom. The number of hydrogen-bond donors (Lipinski definition) is 0. The Morgan fingerprint density at radius 3 is 1.26 bits per heavy atom. The summed E-state index contributed by atoms with van der Waals surface area (Å²) in [6, 6.07) is 15.3. The Hall–Kier alpha value is -1.20. The van der Waals surface area contributed by atoms with E-state index < -0.39 is 0 Å². The number of benzene rings is 2. The molecule has 0 unspecified atom stereocenters. The van der Waals surface area contributed by atoms with Gasteiger partial charge in [0.25, 0.3) is 0 Å². The summed E-state index contributed by atoms with van der Waals surface area (Å²) in [5, 5.41) is 1.90. The van der Waals surface area contributed by atoms with Crippen LogP contribution in [0, 0.1) is 0 Å². The highest BCUT2D eigenvalue weighted by Crippen LogP contribution is 2.25. The van der Waals surface area contributed by atoms with Crippen LogP contribution in [0.2, 0.25) is 0 Å². The molecule has 0 aliphatic heterocycles. The first-order chi connectivity index (χ1) is 11.3. The van der Waals surface area contributed by atoms with Crippen LogP contribution in [0.25, 0.3) is 0 Å². The van der Waals surface area contributed by atoms with Crippen molar-refractivity contribution >= 4 is 31.9 Å². The van der Waals surface area contributed by atoms with Gasteiger partial charge >= 0.3 is 0 Å². The SMILES string of the molecule is BrCCCOc1ccc(Oc2ccc(OCCCBr)cc2)cc1. The van der Waals surface area contributed by atoms with Crippen LogP contribution in [0.3, 0.4) is 0 Å². The molecule has 0 N–H and O–H groups in total. The zero-order chi connectivity index (χ0) is 16.3. The molecule has 0 aromatic heterocycles. The summed E-state index contributed by atoms with van der Waals surface area (Å²) in [7, 11) is 0. The van der Waals surface area contributed by atoms with Crippen molar-refractivity contribution in [1.29, 1.82) is 0 Å². The highest BCUT2D eigenvalue weighted by atomic mass is 79.9. The van der Waals surface area contributed by atoms with E-state index in [-0.39, 0.29) is 0 Å². The molecular weight excluding hydrogens is 424 g/mol. The molecule has 2 aromatic rings. The van der Waals surface area contributed by atoms with Crippen LogP contribution in [-0.2, 0) is 0 Å². The second kappa shape index (κ2) is 10.6. The maximum atomic E-state index is 5.81. The number of rotatable bonds is 10. The van der Waals surface area contributed by atoms with E-state index in [0.29, 0.717) is 13.2 Å². The minimum absolute atomic E-state index is 0.710. The molecule has 0 atom stereocenters. The minimum Gasteiger partial charge on any atom is -0.494 e. The lowest BCUT2D eigenvalue weighted by Gasteiger charge is -2.09. The van der Waals surface area contributed by atoms with E-state index in [2.05, 4.69) is 31.9 Å². The molecule has 5 heteroatoms. The van der Waals surface area contributed by atoms with Gasteiger partial charge in [-0.05, 0) is 61.4 Å². The van der Waals surface area contributed by atoms with Gasteiger partial charge in [-0.1, -0.05) is 31.9 Å². The molecule has 3 nitrogen and oxygen atoms in total. The van der Waals surface area contributed by atoms with Crippen molar-refractivity contribution < 1.29 is 14.2 Å². The molecule has 0 aliphatic rings. The predicted octanol–water partition coefficient (Wildman–Crippen LogP) is 5.81. The lowest BCUT2D eigenvalue weighted by Crippen LogP contribution is -1.97. The summed E-state index contributed by atoms with van der Waals surface area (Å²) >= 11 is 6.77. The van der Waals surface area contributed by atoms with E-state index in [1.807, 2.05) is 48.5 Å². The fourth-order valence-electron chi connectivity index (χ4n) is 1.83. The van der Waals surface area contributed by atoms with Gasteiger partial charge in [-0.15, -0.1) is 0 Å². The monoisotopic (exact) mass is 442 g/mol. The standard InChI is InChI=1S/C18H20Br2O3/c19-11-1-13-21-15-3-7-17(8-4-15)23-18-9-5-16(6-10-18)22-14-2-12-20/h3-10H,1-2,11-14H2.